The fourth-order valence-electron chi connectivity index (χ4n) is 3.89. The molecule has 0 aliphatic rings. The molecule has 0 atom stereocenters. The number of methoxy groups -OCH3 is 1. The van der Waals surface area contributed by atoms with E-state index in [4.69, 9.17) is 14.9 Å². The van der Waals surface area contributed by atoms with E-state index in [1.165, 1.54) is 9.47 Å². The van der Waals surface area contributed by atoms with Crippen LogP contribution < -0.4 is 21.9 Å². The van der Waals surface area contributed by atoms with Crippen molar-refractivity contribution < 1.29 is 13.9 Å². The number of H-pyrrole nitrogens is 1. The number of unbranched alkanes of at least 4 members (excludes halogenated alkanes) is 3. The molecule has 2 heterocycles. The molecular formula is C24H32N4O5. The first-order valence-corrected chi connectivity index (χ1v) is 11.4. The third-order valence-electron chi connectivity index (χ3n) is 5.63. The number of aromatic nitrogens is 2. The second-order valence-corrected chi connectivity index (χ2v) is 8.00. The summed E-state index contributed by atoms with van der Waals surface area (Å²) in [5.74, 6) is -0.418. The number of aromatic amines is 1. The summed E-state index contributed by atoms with van der Waals surface area (Å²) in [5.41, 5.74) is 6.16. The molecule has 178 valence electrons. The summed E-state index contributed by atoms with van der Waals surface area (Å²) in [4.78, 5) is 42.7. The lowest BCUT2D eigenvalue weighted by molar-refractivity contribution is 0.0955. The number of nitrogens with zero attached hydrogens (tertiary/aromatic N) is 2. The van der Waals surface area contributed by atoms with Gasteiger partial charge in [0, 0.05) is 31.1 Å². The van der Waals surface area contributed by atoms with Gasteiger partial charge in [0.05, 0.1) is 6.61 Å². The normalized spacial score (nSPS) is 11.2. The molecule has 9 heteroatoms. The fourth-order valence-corrected chi connectivity index (χ4v) is 3.89. The van der Waals surface area contributed by atoms with Crippen molar-refractivity contribution in [3.05, 3.63) is 56.4 Å². The topological polar surface area (TPSA) is 124 Å². The van der Waals surface area contributed by atoms with Crippen molar-refractivity contribution in [1.82, 2.24) is 9.55 Å². The minimum absolute atomic E-state index is 0.0218. The molecule has 0 spiro atoms. The predicted molar refractivity (Wildman–Crippen MR) is 129 cm³/mol. The number of nitrogens with one attached hydrogen (secondary N) is 1. The van der Waals surface area contributed by atoms with Crippen LogP contribution in [0.5, 0.6) is 0 Å². The standard InChI is InChI=1S/C24H32N4O5/c1-4-6-10-14-27(19-21(25)28(13-7-5-2)24(31)26-22(19)29)23(30)20-17(15-32-3)16-11-8-9-12-18(16)33-20/h8-9,11-12H,4-7,10,13-15,25H2,1-3H3,(H,26,29,31). The zero-order chi connectivity index (χ0) is 24.0. The number of carbonyl (C=O) groups excluding carboxylic acids is 1. The van der Waals surface area contributed by atoms with Crippen molar-refractivity contribution in [3.63, 3.8) is 0 Å². The van der Waals surface area contributed by atoms with Gasteiger partial charge >= 0.3 is 5.69 Å². The highest BCUT2D eigenvalue weighted by Gasteiger charge is 2.30. The van der Waals surface area contributed by atoms with Gasteiger partial charge in [0.25, 0.3) is 11.5 Å². The van der Waals surface area contributed by atoms with Gasteiger partial charge in [-0.25, -0.2) is 4.79 Å². The zero-order valence-corrected chi connectivity index (χ0v) is 19.5. The first-order chi connectivity index (χ1) is 15.9. The van der Waals surface area contributed by atoms with E-state index in [2.05, 4.69) is 4.98 Å². The molecular weight excluding hydrogens is 424 g/mol. The van der Waals surface area contributed by atoms with Crippen LogP contribution in [0.2, 0.25) is 0 Å². The predicted octanol–water partition coefficient (Wildman–Crippen LogP) is 3.65. The number of benzene rings is 1. The third kappa shape index (κ3) is 5.03. The number of nitrogen functional groups attached to an aromatic ring is 1. The molecule has 3 N–H and O–H groups in total. The maximum atomic E-state index is 13.8. The summed E-state index contributed by atoms with van der Waals surface area (Å²) < 4.78 is 12.6. The second-order valence-electron chi connectivity index (χ2n) is 8.00. The summed E-state index contributed by atoms with van der Waals surface area (Å²) in [6.45, 7) is 4.82. The van der Waals surface area contributed by atoms with Crippen LogP contribution in [0.15, 0.2) is 38.3 Å². The van der Waals surface area contributed by atoms with Crippen molar-refractivity contribution in [3.8, 4) is 0 Å². The lowest BCUT2D eigenvalue weighted by Gasteiger charge is -2.24. The number of amides is 1. The van der Waals surface area contributed by atoms with Crippen molar-refractivity contribution in [1.29, 1.82) is 0 Å². The van der Waals surface area contributed by atoms with Crippen LogP contribution >= 0.6 is 0 Å². The third-order valence-corrected chi connectivity index (χ3v) is 5.63. The van der Waals surface area contributed by atoms with E-state index in [1.54, 1.807) is 13.2 Å². The van der Waals surface area contributed by atoms with Gasteiger partial charge in [0.15, 0.2) is 11.4 Å². The van der Waals surface area contributed by atoms with Gasteiger partial charge in [0.2, 0.25) is 0 Å². The van der Waals surface area contributed by atoms with Crippen molar-refractivity contribution in [2.45, 2.75) is 59.1 Å². The number of fused-ring (bicyclic) bond motifs is 1. The summed E-state index contributed by atoms with van der Waals surface area (Å²) >= 11 is 0. The highest BCUT2D eigenvalue weighted by molar-refractivity contribution is 6.09. The van der Waals surface area contributed by atoms with Crippen molar-refractivity contribution in [2.75, 3.05) is 24.3 Å². The quantitative estimate of drug-likeness (QED) is 0.425. The van der Waals surface area contributed by atoms with E-state index < -0.39 is 17.2 Å². The Balaban J connectivity index is 2.16. The first-order valence-electron chi connectivity index (χ1n) is 11.4. The summed E-state index contributed by atoms with van der Waals surface area (Å²) in [5, 5.41) is 0.769. The van der Waals surface area contributed by atoms with Crippen molar-refractivity contribution >= 4 is 28.4 Å². The average molecular weight is 457 g/mol. The summed E-state index contributed by atoms with van der Waals surface area (Å²) in [7, 11) is 1.54. The number of nitrogens with two attached hydrogens (primary N) is 1. The first kappa shape index (κ1) is 24.3. The highest BCUT2D eigenvalue weighted by atomic mass is 16.5. The number of hydrogen-bond donors (Lipinski definition) is 2. The maximum Gasteiger partial charge on any atom is 0.330 e. The highest BCUT2D eigenvalue weighted by Crippen LogP contribution is 2.29. The minimum atomic E-state index is -0.695. The fraction of sp³-hybridized carbons (Fsp3) is 0.458. The van der Waals surface area contributed by atoms with Crippen LogP contribution in [0, 0.1) is 0 Å². The van der Waals surface area contributed by atoms with Crippen LogP contribution in [0.4, 0.5) is 11.5 Å². The molecule has 0 aliphatic carbocycles. The number of furan rings is 1. The second kappa shape index (κ2) is 11.0. The smallest absolute Gasteiger partial charge is 0.330 e. The summed E-state index contributed by atoms with van der Waals surface area (Å²) in [6.07, 6.45) is 4.01. The molecule has 0 unspecified atom stereocenters. The number of carbonyl (C=O) groups is 1. The number of ether oxygens (including phenoxy) is 1. The Morgan fingerprint density at radius 3 is 2.58 bits per heavy atom. The molecule has 0 saturated carbocycles. The number of anilines is 2. The van der Waals surface area contributed by atoms with Crippen LogP contribution in [-0.4, -0.2) is 29.1 Å². The zero-order valence-electron chi connectivity index (χ0n) is 19.5. The largest absolute Gasteiger partial charge is 0.450 e. The Morgan fingerprint density at radius 1 is 1.15 bits per heavy atom. The number of rotatable bonds is 11. The number of hydrogen-bond acceptors (Lipinski definition) is 6. The van der Waals surface area contributed by atoms with Gasteiger partial charge in [-0.3, -0.25) is 24.0 Å². The molecule has 0 aliphatic heterocycles. The Kier molecular flexibility index (Phi) is 8.11. The Hall–Kier alpha value is -3.33. The molecule has 2 aromatic heterocycles. The monoisotopic (exact) mass is 456 g/mol. The van der Waals surface area contributed by atoms with E-state index in [9.17, 15) is 14.4 Å². The van der Waals surface area contributed by atoms with Gasteiger partial charge in [-0.2, -0.15) is 0 Å². The molecule has 1 aromatic carbocycles. The van der Waals surface area contributed by atoms with Gasteiger partial charge < -0.3 is 14.9 Å². The molecule has 0 fully saturated rings. The number of para-hydroxylation sites is 1. The molecule has 9 nitrogen and oxygen atoms in total. The van der Waals surface area contributed by atoms with E-state index in [0.717, 1.165) is 24.6 Å². The summed E-state index contributed by atoms with van der Waals surface area (Å²) in [6, 6.07) is 7.31. The lowest BCUT2D eigenvalue weighted by Crippen LogP contribution is -2.41. The molecule has 3 aromatic rings. The Labute approximate surface area is 192 Å². The van der Waals surface area contributed by atoms with E-state index in [1.807, 2.05) is 32.0 Å². The molecule has 3 rings (SSSR count). The minimum Gasteiger partial charge on any atom is -0.450 e. The van der Waals surface area contributed by atoms with Gasteiger partial charge in [-0.1, -0.05) is 51.3 Å². The van der Waals surface area contributed by atoms with Crippen LogP contribution in [-0.2, 0) is 17.9 Å². The molecule has 33 heavy (non-hydrogen) atoms. The molecule has 0 bridgehead atoms. The Morgan fingerprint density at radius 2 is 1.88 bits per heavy atom. The van der Waals surface area contributed by atoms with Gasteiger partial charge in [-0.15, -0.1) is 0 Å². The van der Waals surface area contributed by atoms with E-state index in [-0.39, 0.29) is 30.4 Å². The maximum absolute atomic E-state index is 13.8. The van der Waals surface area contributed by atoms with Crippen LogP contribution in [0.25, 0.3) is 11.0 Å². The SMILES string of the molecule is CCCCCN(C(=O)c1oc2ccccc2c1COC)c1c(N)n(CCCC)c(=O)[nH]c1=O. The molecule has 0 radical (unpaired) electrons. The molecule has 0 saturated heterocycles. The lowest BCUT2D eigenvalue weighted by atomic mass is 10.1. The van der Waals surface area contributed by atoms with E-state index in [0.29, 0.717) is 30.5 Å². The van der Waals surface area contributed by atoms with Gasteiger partial charge in [-0.05, 0) is 18.9 Å². The van der Waals surface area contributed by atoms with E-state index >= 15 is 0 Å². The van der Waals surface area contributed by atoms with Crippen LogP contribution in [0.3, 0.4) is 0 Å². The van der Waals surface area contributed by atoms with Gasteiger partial charge in [0.1, 0.15) is 11.4 Å². The van der Waals surface area contributed by atoms with Crippen LogP contribution in [0.1, 0.15) is 62.1 Å². The van der Waals surface area contributed by atoms with Crippen molar-refractivity contribution in [2.24, 2.45) is 0 Å². The Bertz CT molecular complexity index is 1220. The average Bonchev–Trinajstić information content (AvgIpc) is 3.16. The molecule has 1 amide bonds.